The van der Waals surface area contributed by atoms with Gasteiger partial charge in [0.1, 0.15) is 17.3 Å². The molecule has 0 saturated heterocycles. The molecule has 0 fully saturated rings. The van der Waals surface area contributed by atoms with Crippen LogP contribution in [-0.2, 0) is 13.1 Å². The Morgan fingerprint density at radius 3 is 2.87 bits per heavy atom. The molecule has 2 aromatic heterocycles. The number of hydrogen-bond acceptors (Lipinski definition) is 3. The zero-order valence-corrected chi connectivity index (χ0v) is 10.4. The molecule has 7 heteroatoms. The van der Waals surface area contributed by atoms with E-state index in [9.17, 15) is 0 Å². The Morgan fingerprint density at radius 2 is 2.33 bits per heavy atom. The van der Waals surface area contributed by atoms with Gasteiger partial charge < -0.3 is 0 Å². The summed E-state index contributed by atoms with van der Waals surface area (Å²) in [6.07, 6.45) is 3.14. The molecule has 80 valence electrons. The fourth-order valence-electron chi connectivity index (χ4n) is 1.27. The Bertz CT molecular complexity index is 450. The smallest absolute Gasteiger partial charge is 0.157 e. The normalized spacial score (nSPS) is 10.9. The molecule has 2 aromatic rings. The average Bonchev–Trinajstić information content (AvgIpc) is 2.81. The van der Waals surface area contributed by atoms with Gasteiger partial charge in [-0.1, -0.05) is 11.6 Å². The van der Waals surface area contributed by atoms with Crippen molar-refractivity contribution in [2.45, 2.75) is 20.0 Å². The van der Waals surface area contributed by atoms with Crippen LogP contribution < -0.4 is 0 Å². The summed E-state index contributed by atoms with van der Waals surface area (Å²) >= 11 is 9.48. The number of rotatable bonds is 3. The lowest BCUT2D eigenvalue weighted by atomic mass is 10.4. The summed E-state index contributed by atoms with van der Waals surface area (Å²) in [5.74, 6) is 0. The van der Waals surface area contributed by atoms with Crippen molar-refractivity contribution in [1.82, 2.24) is 24.5 Å². The van der Waals surface area contributed by atoms with Gasteiger partial charge in [0.25, 0.3) is 0 Å². The topological polar surface area (TPSA) is 48.5 Å². The van der Waals surface area contributed by atoms with E-state index in [1.165, 1.54) is 6.33 Å². The Kier molecular flexibility index (Phi) is 3.06. The zero-order chi connectivity index (χ0) is 10.8. The number of hydrogen-bond donors (Lipinski definition) is 0. The van der Waals surface area contributed by atoms with Crippen LogP contribution in [0.15, 0.2) is 17.3 Å². The highest BCUT2D eigenvalue weighted by atomic mass is 79.9. The summed E-state index contributed by atoms with van der Waals surface area (Å²) in [5.41, 5.74) is 0.920. The molecule has 0 aliphatic heterocycles. The zero-order valence-electron chi connectivity index (χ0n) is 8.06. The maximum absolute atomic E-state index is 6.02. The van der Waals surface area contributed by atoms with Crippen molar-refractivity contribution < 1.29 is 0 Å². The lowest BCUT2D eigenvalue weighted by Gasteiger charge is -2.00. The monoisotopic (exact) mass is 289 g/mol. The highest BCUT2D eigenvalue weighted by Crippen LogP contribution is 2.25. The minimum Gasteiger partial charge on any atom is -0.257 e. The first kappa shape index (κ1) is 10.6. The quantitative estimate of drug-likeness (QED) is 0.868. The number of halogens is 2. The second-order valence-corrected chi connectivity index (χ2v) is 4.08. The molecule has 0 saturated carbocycles. The van der Waals surface area contributed by atoms with Crippen LogP contribution in [0.5, 0.6) is 0 Å². The molecule has 5 nitrogen and oxygen atoms in total. The van der Waals surface area contributed by atoms with Gasteiger partial charge in [-0.15, -0.1) is 0 Å². The molecule has 0 aliphatic rings. The third kappa shape index (κ3) is 2.05. The second-order valence-electron chi connectivity index (χ2n) is 2.97. The molecule has 0 radical (unpaired) electrons. The van der Waals surface area contributed by atoms with Gasteiger partial charge in [0.15, 0.2) is 5.15 Å². The molecule has 0 atom stereocenters. The Hall–Kier alpha value is -0.880. The van der Waals surface area contributed by atoms with Crippen LogP contribution in [0, 0.1) is 0 Å². The van der Waals surface area contributed by atoms with Crippen LogP contribution in [0.4, 0.5) is 0 Å². The van der Waals surface area contributed by atoms with Crippen molar-refractivity contribution in [3.8, 4) is 0 Å². The van der Waals surface area contributed by atoms with Crippen LogP contribution in [0.2, 0.25) is 5.15 Å². The van der Waals surface area contributed by atoms with Gasteiger partial charge in [-0.25, -0.2) is 9.67 Å². The first-order chi connectivity index (χ1) is 7.22. The number of aromatic nitrogens is 5. The number of aryl methyl sites for hydroxylation is 1. The molecular formula is C8H9BrClN5. The van der Waals surface area contributed by atoms with Gasteiger partial charge in [-0.3, -0.25) is 4.68 Å². The third-order valence-corrected chi connectivity index (χ3v) is 3.21. The van der Waals surface area contributed by atoms with E-state index in [1.807, 2.05) is 6.92 Å². The van der Waals surface area contributed by atoms with E-state index in [1.54, 1.807) is 15.7 Å². The van der Waals surface area contributed by atoms with Crippen LogP contribution in [0.3, 0.4) is 0 Å². The molecule has 2 heterocycles. The lowest BCUT2D eigenvalue weighted by Crippen LogP contribution is -2.01. The predicted molar refractivity (Wildman–Crippen MR) is 59.7 cm³/mol. The molecule has 0 amide bonds. The highest BCUT2D eigenvalue weighted by molar-refractivity contribution is 9.10. The van der Waals surface area contributed by atoms with Crippen molar-refractivity contribution in [3.05, 3.63) is 28.0 Å². The second kappa shape index (κ2) is 4.32. The maximum Gasteiger partial charge on any atom is 0.157 e. The standard InChI is InChI=1S/C8H9BrClN5/c1-2-15-7(9)6(8(10)13-15)3-14-5-11-4-12-14/h4-5H,2-3H2,1H3. The van der Waals surface area contributed by atoms with Crippen molar-refractivity contribution in [3.63, 3.8) is 0 Å². The Balaban J connectivity index is 2.32. The fraction of sp³-hybridized carbons (Fsp3) is 0.375. The summed E-state index contributed by atoms with van der Waals surface area (Å²) in [6, 6.07) is 0. The largest absolute Gasteiger partial charge is 0.257 e. The van der Waals surface area contributed by atoms with E-state index in [0.717, 1.165) is 16.7 Å². The van der Waals surface area contributed by atoms with Crippen molar-refractivity contribution in [2.24, 2.45) is 0 Å². The van der Waals surface area contributed by atoms with E-state index in [4.69, 9.17) is 11.6 Å². The third-order valence-electron chi connectivity index (χ3n) is 2.02. The molecular weight excluding hydrogens is 281 g/mol. The highest BCUT2D eigenvalue weighted by Gasteiger charge is 2.13. The first-order valence-electron chi connectivity index (χ1n) is 4.45. The molecule has 15 heavy (non-hydrogen) atoms. The number of nitrogens with zero attached hydrogens (tertiary/aromatic N) is 5. The van der Waals surface area contributed by atoms with Crippen LogP contribution in [0.25, 0.3) is 0 Å². The maximum atomic E-state index is 6.02. The predicted octanol–water partition coefficient (Wildman–Crippen LogP) is 1.96. The molecule has 0 unspecified atom stereocenters. The van der Waals surface area contributed by atoms with E-state index in [2.05, 4.69) is 31.1 Å². The lowest BCUT2D eigenvalue weighted by molar-refractivity contribution is 0.639. The summed E-state index contributed by atoms with van der Waals surface area (Å²) in [7, 11) is 0. The molecule has 0 spiro atoms. The summed E-state index contributed by atoms with van der Waals surface area (Å²) < 4.78 is 4.40. The van der Waals surface area contributed by atoms with Crippen LogP contribution >= 0.6 is 27.5 Å². The summed E-state index contributed by atoms with van der Waals surface area (Å²) in [6.45, 7) is 3.35. The fourth-order valence-corrected chi connectivity index (χ4v) is 2.27. The minimum absolute atomic E-state index is 0.499. The summed E-state index contributed by atoms with van der Waals surface area (Å²) in [5, 5.41) is 8.70. The van der Waals surface area contributed by atoms with Gasteiger partial charge in [0.05, 0.1) is 6.54 Å². The van der Waals surface area contributed by atoms with Crippen LogP contribution in [-0.4, -0.2) is 24.5 Å². The average molecular weight is 291 g/mol. The van der Waals surface area contributed by atoms with Gasteiger partial charge >= 0.3 is 0 Å². The van der Waals surface area contributed by atoms with Gasteiger partial charge in [0, 0.05) is 12.1 Å². The molecule has 2 rings (SSSR count). The summed E-state index contributed by atoms with van der Waals surface area (Å²) in [4.78, 5) is 3.87. The van der Waals surface area contributed by atoms with Gasteiger partial charge in [-0.05, 0) is 22.9 Å². The molecule has 0 N–H and O–H groups in total. The minimum atomic E-state index is 0.499. The Morgan fingerprint density at radius 1 is 1.53 bits per heavy atom. The van der Waals surface area contributed by atoms with Crippen molar-refractivity contribution in [2.75, 3.05) is 0 Å². The van der Waals surface area contributed by atoms with Crippen molar-refractivity contribution in [1.29, 1.82) is 0 Å². The van der Waals surface area contributed by atoms with E-state index in [0.29, 0.717) is 11.7 Å². The van der Waals surface area contributed by atoms with E-state index < -0.39 is 0 Å². The van der Waals surface area contributed by atoms with Gasteiger partial charge in [-0.2, -0.15) is 10.2 Å². The van der Waals surface area contributed by atoms with Gasteiger partial charge in [0.2, 0.25) is 0 Å². The SMILES string of the molecule is CCn1nc(Cl)c(Cn2cncn2)c1Br. The van der Waals surface area contributed by atoms with Crippen molar-refractivity contribution >= 4 is 27.5 Å². The molecule has 0 aliphatic carbocycles. The van der Waals surface area contributed by atoms with E-state index in [-0.39, 0.29) is 0 Å². The first-order valence-corrected chi connectivity index (χ1v) is 5.62. The Labute approximate surface area is 100 Å². The molecule has 0 bridgehead atoms. The molecule has 0 aromatic carbocycles. The van der Waals surface area contributed by atoms with Crippen LogP contribution in [0.1, 0.15) is 12.5 Å². The van der Waals surface area contributed by atoms with E-state index >= 15 is 0 Å².